The first-order chi connectivity index (χ1) is 11.3. The van der Waals surface area contributed by atoms with Crippen molar-refractivity contribution in [3.63, 3.8) is 0 Å². The monoisotopic (exact) mass is 354 g/mol. The molecular weight excluding hydrogens is 339 g/mol. The van der Waals surface area contributed by atoms with E-state index in [9.17, 15) is 19.1 Å². The Morgan fingerprint density at radius 3 is 2.83 bits per heavy atom. The van der Waals surface area contributed by atoms with Gasteiger partial charge >= 0.3 is 5.97 Å². The van der Waals surface area contributed by atoms with E-state index in [4.69, 9.17) is 22.1 Å². The van der Waals surface area contributed by atoms with Crippen molar-refractivity contribution in [2.45, 2.75) is 31.0 Å². The predicted molar refractivity (Wildman–Crippen MR) is 85.9 cm³/mol. The summed E-state index contributed by atoms with van der Waals surface area (Å²) in [7, 11) is 1.46. The number of carbonyl (C=O) groups excluding carboxylic acids is 1. The molecule has 1 aromatic carbocycles. The van der Waals surface area contributed by atoms with Crippen LogP contribution in [0.25, 0.3) is 5.57 Å². The Morgan fingerprint density at radius 1 is 1.50 bits per heavy atom. The molecule has 8 heteroatoms. The number of nitrogen functional groups attached to an aromatic ring is 1. The van der Waals surface area contributed by atoms with Gasteiger partial charge in [-0.3, -0.25) is 4.79 Å². The molecule has 2 heterocycles. The fourth-order valence-corrected chi connectivity index (χ4v) is 3.65. The Bertz CT molecular complexity index is 752. The molecule has 0 radical (unpaired) electrons. The fourth-order valence-electron chi connectivity index (χ4n) is 3.49. The molecule has 2 aliphatic rings. The average molecular weight is 355 g/mol. The first-order valence-corrected chi connectivity index (χ1v) is 7.75. The van der Waals surface area contributed by atoms with Gasteiger partial charge in [0.2, 0.25) is 5.91 Å². The number of nitrogens with zero attached hydrogens (tertiary/aromatic N) is 1. The number of carboxylic acid groups (broad SMARTS) is 1. The SMILES string of the molecule is COC1C[C@@H](C(=O)O)N2C(=O)C=C(c3c(N)ccc(Cl)c3F)CC12. The van der Waals surface area contributed by atoms with E-state index >= 15 is 0 Å². The largest absolute Gasteiger partial charge is 0.480 e. The highest BCUT2D eigenvalue weighted by Gasteiger charge is 2.49. The summed E-state index contributed by atoms with van der Waals surface area (Å²) in [6.45, 7) is 0. The van der Waals surface area contributed by atoms with Gasteiger partial charge in [-0.15, -0.1) is 0 Å². The lowest BCUT2D eigenvalue weighted by Gasteiger charge is -2.33. The third-order valence-electron chi connectivity index (χ3n) is 4.60. The van der Waals surface area contributed by atoms with Crippen LogP contribution in [-0.2, 0) is 14.3 Å². The summed E-state index contributed by atoms with van der Waals surface area (Å²) >= 11 is 5.82. The summed E-state index contributed by atoms with van der Waals surface area (Å²) in [4.78, 5) is 25.2. The van der Waals surface area contributed by atoms with Gasteiger partial charge in [-0.05, 0) is 24.1 Å². The van der Waals surface area contributed by atoms with Gasteiger partial charge < -0.3 is 20.5 Å². The number of methoxy groups -OCH3 is 1. The van der Waals surface area contributed by atoms with Crippen molar-refractivity contribution in [3.05, 3.63) is 34.6 Å². The van der Waals surface area contributed by atoms with Crippen LogP contribution in [0.3, 0.4) is 0 Å². The smallest absolute Gasteiger partial charge is 0.326 e. The average Bonchev–Trinajstić information content (AvgIpc) is 2.91. The van der Waals surface area contributed by atoms with Gasteiger partial charge in [0.15, 0.2) is 5.82 Å². The molecule has 0 spiro atoms. The number of hydrogen-bond donors (Lipinski definition) is 2. The van der Waals surface area contributed by atoms with Crippen LogP contribution in [0, 0.1) is 5.82 Å². The first-order valence-electron chi connectivity index (χ1n) is 7.37. The molecule has 6 nitrogen and oxygen atoms in total. The first kappa shape index (κ1) is 16.7. The Kier molecular flexibility index (Phi) is 4.23. The summed E-state index contributed by atoms with van der Waals surface area (Å²) in [6, 6.07) is 1.38. The molecule has 0 saturated carbocycles. The van der Waals surface area contributed by atoms with Crippen molar-refractivity contribution in [2.75, 3.05) is 12.8 Å². The predicted octanol–water partition coefficient (Wildman–Crippen LogP) is 1.92. The number of rotatable bonds is 3. The van der Waals surface area contributed by atoms with Gasteiger partial charge in [0, 0.05) is 30.9 Å². The number of ether oxygens (including phenoxy) is 1. The third-order valence-corrected chi connectivity index (χ3v) is 4.89. The highest BCUT2D eigenvalue weighted by Crippen LogP contribution is 2.40. The number of aliphatic carboxylic acids is 1. The number of fused-ring (bicyclic) bond motifs is 1. The molecule has 1 amide bonds. The minimum atomic E-state index is -1.08. The van der Waals surface area contributed by atoms with E-state index in [1.54, 1.807) is 0 Å². The van der Waals surface area contributed by atoms with Crippen molar-refractivity contribution in [3.8, 4) is 0 Å². The Labute approximate surface area is 142 Å². The topological polar surface area (TPSA) is 92.9 Å². The zero-order valence-corrected chi connectivity index (χ0v) is 13.6. The molecular formula is C16H16ClFN2O4. The quantitative estimate of drug-likeness (QED) is 0.809. The molecule has 1 aromatic rings. The number of anilines is 1. The lowest BCUT2D eigenvalue weighted by atomic mass is 9.91. The molecule has 3 rings (SSSR count). The van der Waals surface area contributed by atoms with Crippen molar-refractivity contribution < 1.29 is 23.8 Å². The summed E-state index contributed by atoms with van der Waals surface area (Å²) in [5, 5.41) is 9.23. The molecule has 2 aliphatic heterocycles. The van der Waals surface area contributed by atoms with Gasteiger partial charge in [0.05, 0.1) is 17.2 Å². The molecule has 0 bridgehead atoms. The molecule has 2 unspecified atom stereocenters. The molecule has 24 heavy (non-hydrogen) atoms. The standard InChI is InChI=1S/C16H16ClFN2O4/c1-24-12-6-11(16(22)23)20-10(12)4-7(5-13(20)21)14-9(19)3-2-8(17)15(14)18/h2-3,5,10-12H,4,6,19H2,1H3,(H,22,23)/t10?,11-,12?/m0/s1. The lowest BCUT2D eigenvalue weighted by Crippen LogP contribution is -2.47. The maximum absolute atomic E-state index is 14.4. The van der Waals surface area contributed by atoms with Crippen LogP contribution in [0.4, 0.5) is 10.1 Å². The lowest BCUT2D eigenvalue weighted by molar-refractivity contribution is -0.148. The van der Waals surface area contributed by atoms with Crippen LogP contribution in [0.15, 0.2) is 18.2 Å². The van der Waals surface area contributed by atoms with Crippen LogP contribution in [0.5, 0.6) is 0 Å². The van der Waals surface area contributed by atoms with Crippen LogP contribution < -0.4 is 5.73 Å². The van der Waals surface area contributed by atoms with Crippen molar-refractivity contribution >= 4 is 34.7 Å². The molecule has 3 N–H and O–H groups in total. The third kappa shape index (κ3) is 2.53. The number of hydrogen-bond acceptors (Lipinski definition) is 4. The van der Waals surface area contributed by atoms with E-state index in [0.29, 0.717) is 5.57 Å². The van der Waals surface area contributed by atoms with E-state index in [0.717, 1.165) is 0 Å². The van der Waals surface area contributed by atoms with Crippen molar-refractivity contribution in [1.82, 2.24) is 4.90 Å². The highest BCUT2D eigenvalue weighted by atomic mass is 35.5. The van der Waals surface area contributed by atoms with Crippen LogP contribution in [0.1, 0.15) is 18.4 Å². The molecule has 1 saturated heterocycles. The normalized spacial score (nSPS) is 26.3. The fraction of sp³-hybridized carbons (Fsp3) is 0.375. The van der Waals surface area contributed by atoms with E-state index in [1.807, 2.05) is 0 Å². The zero-order valence-electron chi connectivity index (χ0n) is 12.8. The summed E-state index contributed by atoms with van der Waals surface area (Å²) in [5.41, 5.74) is 6.51. The number of amides is 1. The molecule has 0 aliphatic carbocycles. The van der Waals surface area contributed by atoms with E-state index < -0.39 is 35.9 Å². The minimum Gasteiger partial charge on any atom is -0.480 e. The van der Waals surface area contributed by atoms with Crippen molar-refractivity contribution in [1.29, 1.82) is 0 Å². The second kappa shape index (κ2) is 6.07. The minimum absolute atomic E-state index is 0.0872. The van der Waals surface area contributed by atoms with E-state index in [-0.39, 0.29) is 29.1 Å². The summed E-state index contributed by atoms with van der Waals surface area (Å²) in [6.07, 6.45) is 1.23. The highest BCUT2D eigenvalue weighted by molar-refractivity contribution is 6.31. The van der Waals surface area contributed by atoms with Crippen molar-refractivity contribution in [2.24, 2.45) is 0 Å². The summed E-state index contributed by atoms with van der Waals surface area (Å²) < 4.78 is 19.7. The number of nitrogens with two attached hydrogens (primary N) is 1. The van der Waals surface area contributed by atoms with Gasteiger partial charge in [0.25, 0.3) is 0 Å². The van der Waals surface area contributed by atoms with E-state index in [2.05, 4.69) is 0 Å². The molecule has 1 fully saturated rings. The Balaban J connectivity index is 2.05. The number of carbonyl (C=O) groups is 2. The zero-order chi connectivity index (χ0) is 17.6. The number of halogens is 2. The van der Waals surface area contributed by atoms with Gasteiger partial charge in [-0.2, -0.15) is 0 Å². The van der Waals surface area contributed by atoms with E-state index in [1.165, 1.54) is 30.2 Å². The molecule has 0 aromatic heterocycles. The Morgan fingerprint density at radius 2 is 2.21 bits per heavy atom. The van der Waals surface area contributed by atoms with Gasteiger partial charge in [-0.25, -0.2) is 9.18 Å². The van der Waals surface area contributed by atoms with Gasteiger partial charge in [-0.1, -0.05) is 11.6 Å². The summed E-state index contributed by atoms with van der Waals surface area (Å²) in [5.74, 6) is -2.27. The second-order valence-corrected chi connectivity index (χ2v) is 6.28. The maximum Gasteiger partial charge on any atom is 0.326 e. The van der Waals surface area contributed by atoms with Crippen LogP contribution >= 0.6 is 11.6 Å². The van der Waals surface area contributed by atoms with Gasteiger partial charge in [0.1, 0.15) is 6.04 Å². The van der Waals surface area contributed by atoms with Crippen LogP contribution in [0.2, 0.25) is 5.02 Å². The molecule has 128 valence electrons. The second-order valence-electron chi connectivity index (χ2n) is 5.88. The number of carboxylic acids is 1. The Hall–Kier alpha value is -2.12. The van der Waals surface area contributed by atoms with Crippen LogP contribution in [-0.4, -0.2) is 47.2 Å². The maximum atomic E-state index is 14.4. The molecule has 3 atom stereocenters. The number of benzene rings is 1.